The number of Topliss-reactive ketones (excluding diaryl/α,β-unsaturated/α-hetero) is 1. The zero-order chi connectivity index (χ0) is 13.9. The molecular formula is C17H19NO2. The van der Waals surface area contributed by atoms with Crippen LogP contribution in [0.5, 0.6) is 5.75 Å². The Morgan fingerprint density at radius 2 is 1.95 bits per heavy atom. The van der Waals surface area contributed by atoms with Gasteiger partial charge in [0.15, 0.2) is 5.78 Å². The number of fused-ring (bicyclic) bond motifs is 1. The maximum atomic E-state index is 11.8. The summed E-state index contributed by atoms with van der Waals surface area (Å²) in [4.78, 5) is 11.8. The molecular weight excluding hydrogens is 250 g/mol. The van der Waals surface area contributed by atoms with Gasteiger partial charge in [0, 0.05) is 30.9 Å². The Hall–Kier alpha value is -2.03. The van der Waals surface area contributed by atoms with Gasteiger partial charge in [0.25, 0.3) is 0 Å². The van der Waals surface area contributed by atoms with Gasteiger partial charge >= 0.3 is 0 Å². The summed E-state index contributed by atoms with van der Waals surface area (Å²) in [6.07, 6.45) is 7.85. The van der Waals surface area contributed by atoms with Gasteiger partial charge in [0.1, 0.15) is 5.75 Å². The third-order valence-electron chi connectivity index (χ3n) is 3.93. The minimum atomic E-state index is 0.300. The lowest BCUT2D eigenvalue weighted by atomic mass is 9.95. The molecule has 0 atom stereocenters. The second-order valence-corrected chi connectivity index (χ2v) is 5.31. The molecule has 0 fully saturated rings. The molecule has 0 bridgehead atoms. The molecule has 0 radical (unpaired) electrons. The molecule has 0 saturated heterocycles. The average Bonchev–Trinajstić information content (AvgIpc) is 2.90. The fraction of sp³-hybridized carbons (Fsp3) is 0.353. The van der Waals surface area contributed by atoms with Crippen molar-refractivity contribution in [1.82, 2.24) is 4.57 Å². The van der Waals surface area contributed by atoms with Crippen molar-refractivity contribution in [3.05, 3.63) is 53.3 Å². The first-order valence-corrected chi connectivity index (χ1v) is 7.11. The summed E-state index contributed by atoms with van der Waals surface area (Å²) < 4.78 is 7.31. The van der Waals surface area contributed by atoms with Crippen LogP contribution in [0.2, 0.25) is 0 Å². The standard InChI is InChI=1S/C17H19NO2/c1-20-15-7-5-13(6-8-15)9-10-18-11-14-3-2-4-17(19)16(14)12-18/h5-8,11-12H,2-4,9-10H2,1H3. The second kappa shape index (κ2) is 5.53. The van der Waals surface area contributed by atoms with Crippen molar-refractivity contribution >= 4 is 5.78 Å². The first-order valence-electron chi connectivity index (χ1n) is 7.11. The first kappa shape index (κ1) is 13.0. The number of hydrogen-bond acceptors (Lipinski definition) is 2. The first-order chi connectivity index (χ1) is 9.76. The molecule has 104 valence electrons. The lowest BCUT2D eigenvalue weighted by Gasteiger charge is -2.07. The number of nitrogens with zero attached hydrogens (tertiary/aromatic N) is 1. The highest BCUT2D eigenvalue weighted by Gasteiger charge is 2.18. The van der Waals surface area contributed by atoms with Crippen LogP contribution in [0.4, 0.5) is 0 Å². The molecule has 0 amide bonds. The molecule has 1 aliphatic rings. The molecule has 0 N–H and O–H groups in total. The highest BCUT2D eigenvalue weighted by molar-refractivity contribution is 5.98. The minimum absolute atomic E-state index is 0.300. The number of aryl methyl sites for hydroxylation is 3. The van der Waals surface area contributed by atoms with Gasteiger partial charge < -0.3 is 9.30 Å². The maximum Gasteiger partial charge on any atom is 0.164 e. The van der Waals surface area contributed by atoms with E-state index in [0.717, 1.165) is 37.1 Å². The van der Waals surface area contributed by atoms with Crippen LogP contribution in [0, 0.1) is 0 Å². The van der Waals surface area contributed by atoms with Crippen LogP contribution < -0.4 is 4.74 Å². The number of hydrogen-bond donors (Lipinski definition) is 0. The molecule has 20 heavy (non-hydrogen) atoms. The summed E-state index contributed by atoms with van der Waals surface area (Å²) in [5.41, 5.74) is 3.44. The molecule has 3 nitrogen and oxygen atoms in total. The van der Waals surface area contributed by atoms with Gasteiger partial charge in [-0.05, 0) is 42.5 Å². The third kappa shape index (κ3) is 2.62. The number of ether oxygens (including phenoxy) is 1. The fourth-order valence-electron chi connectivity index (χ4n) is 2.76. The van der Waals surface area contributed by atoms with Gasteiger partial charge in [0.2, 0.25) is 0 Å². The summed E-state index contributed by atoms with van der Waals surface area (Å²) in [5.74, 6) is 1.19. The molecule has 0 aliphatic heterocycles. The Labute approximate surface area is 119 Å². The van der Waals surface area contributed by atoms with Crippen LogP contribution in [0.15, 0.2) is 36.7 Å². The highest BCUT2D eigenvalue weighted by atomic mass is 16.5. The average molecular weight is 269 g/mol. The molecule has 3 rings (SSSR count). The fourth-order valence-corrected chi connectivity index (χ4v) is 2.76. The molecule has 0 unspecified atom stereocenters. The monoisotopic (exact) mass is 269 g/mol. The maximum absolute atomic E-state index is 11.8. The van der Waals surface area contributed by atoms with Crippen LogP contribution in [-0.4, -0.2) is 17.5 Å². The van der Waals surface area contributed by atoms with Crippen molar-refractivity contribution in [3.63, 3.8) is 0 Å². The van der Waals surface area contributed by atoms with E-state index in [1.165, 1.54) is 11.1 Å². The predicted octanol–water partition coefficient (Wildman–Crippen LogP) is 3.26. The van der Waals surface area contributed by atoms with Gasteiger partial charge in [-0.2, -0.15) is 0 Å². The number of benzene rings is 1. The van der Waals surface area contributed by atoms with Gasteiger partial charge in [-0.25, -0.2) is 0 Å². The van der Waals surface area contributed by atoms with E-state index >= 15 is 0 Å². The minimum Gasteiger partial charge on any atom is -0.497 e. The van der Waals surface area contributed by atoms with E-state index in [1.807, 2.05) is 18.3 Å². The quantitative estimate of drug-likeness (QED) is 0.853. The lowest BCUT2D eigenvalue weighted by molar-refractivity contribution is 0.0973. The summed E-state index contributed by atoms with van der Waals surface area (Å²) in [5, 5.41) is 0. The van der Waals surface area contributed by atoms with Crippen LogP contribution in [0.3, 0.4) is 0 Å². The second-order valence-electron chi connectivity index (χ2n) is 5.31. The van der Waals surface area contributed by atoms with Crippen molar-refractivity contribution in [2.75, 3.05) is 7.11 Å². The van der Waals surface area contributed by atoms with Crippen molar-refractivity contribution in [3.8, 4) is 5.75 Å². The normalized spacial score (nSPS) is 14.2. The molecule has 1 aromatic carbocycles. The Morgan fingerprint density at radius 3 is 2.65 bits per heavy atom. The molecule has 2 aromatic rings. The zero-order valence-electron chi connectivity index (χ0n) is 11.8. The molecule has 3 heteroatoms. The van der Waals surface area contributed by atoms with Crippen LogP contribution in [-0.2, 0) is 19.4 Å². The number of rotatable bonds is 4. The number of methoxy groups -OCH3 is 1. The Kier molecular flexibility index (Phi) is 3.59. The van der Waals surface area contributed by atoms with E-state index in [0.29, 0.717) is 12.2 Å². The van der Waals surface area contributed by atoms with Gasteiger partial charge in [-0.15, -0.1) is 0 Å². The lowest BCUT2D eigenvalue weighted by Crippen LogP contribution is -2.07. The van der Waals surface area contributed by atoms with Gasteiger partial charge in [0.05, 0.1) is 7.11 Å². The SMILES string of the molecule is COc1ccc(CCn2cc3c(c2)C(=O)CCC3)cc1. The molecule has 1 heterocycles. The predicted molar refractivity (Wildman–Crippen MR) is 78.4 cm³/mol. The van der Waals surface area contributed by atoms with Crippen LogP contribution in [0.1, 0.15) is 34.3 Å². The Bertz CT molecular complexity index is 610. The van der Waals surface area contributed by atoms with Crippen LogP contribution in [0.25, 0.3) is 0 Å². The zero-order valence-corrected chi connectivity index (χ0v) is 11.8. The topological polar surface area (TPSA) is 31.2 Å². The van der Waals surface area contributed by atoms with Crippen molar-refractivity contribution < 1.29 is 9.53 Å². The van der Waals surface area contributed by atoms with E-state index in [1.54, 1.807) is 7.11 Å². The van der Waals surface area contributed by atoms with E-state index in [9.17, 15) is 4.79 Å². The molecule has 1 aromatic heterocycles. The number of carbonyl (C=O) groups is 1. The van der Waals surface area contributed by atoms with Crippen molar-refractivity contribution in [2.24, 2.45) is 0 Å². The van der Waals surface area contributed by atoms with Crippen LogP contribution >= 0.6 is 0 Å². The molecule has 0 spiro atoms. The Balaban J connectivity index is 1.67. The number of ketones is 1. The van der Waals surface area contributed by atoms with E-state index < -0.39 is 0 Å². The number of aromatic nitrogens is 1. The third-order valence-corrected chi connectivity index (χ3v) is 3.93. The Morgan fingerprint density at radius 1 is 1.15 bits per heavy atom. The molecule has 1 aliphatic carbocycles. The van der Waals surface area contributed by atoms with Crippen molar-refractivity contribution in [2.45, 2.75) is 32.2 Å². The summed E-state index contributed by atoms with van der Waals surface area (Å²) in [6.45, 7) is 0.909. The smallest absolute Gasteiger partial charge is 0.164 e. The van der Waals surface area contributed by atoms with Crippen molar-refractivity contribution in [1.29, 1.82) is 0 Å². The summed E-state index contributed by atoms with van der Waals surface area (Å²) in [7, 11) is 1.68. The van der Waals surface area contributed by atoms with Gasteiger partial charge in [-0.3, -0.25) is 4.79 Å². The molecule has 0 saturated carbocycles. The highest BCUT2D eigenvalue weighted by Crippen LogP contribution is 2.22. The largest absolute Gasteiger partial charge is 0.497 e. The van der Waals surface area contributed by atoms with Gasteiger partial charge in [-0.1, -0.05) is 12.1 Å². The summed E-state index contributed by atoms with van der Waals surface area (Å²) >= 11 is 0. The van der Waals surface area contributed by atoms with E-state index in [2.05, 4.69) is 22.9 Å². The van der Waals surface area contributed by atoms with E-state index in [-0.39, 0.29) is 0 Å². The summed E-state index contributed by atoms with van der Waals surface area (Å²) in [6, 6.07) is 8.15. The number of carbonyl (C=O) groups excluding carboxylic acids is 1. The van der Waals surface area contributed by atoms with E-state index in [4.69, 9.17) is 4.74 Å².